The predicted octanol–water partition coefficient (Wildman–Crippen LogP) is 1.91. The first-order valence-electron chi connectivity index (χ1n) is 9.67. The molecule has 27 heavy (non-hydrogen) atoms. The maximum atomic E-state index is 9.97. The van der Waals surface area contributed by atoms with Crippen LogP contribution < -0.4 is 4.90 Å². The maximum absolute atomic E-state index is 9.97. The average molecular weight is 410 g/mol. The monoisotopic (exact) mass is 409 g/mol. The number of hydrogen-bond acceptors (Lipinski definition) is 4. The van der Waals surface area contributed by atoms with Crippen LogP contribution in [-0.4, -0.2) is 51.4 Å². The molecule has 0 bridgehead atoms. The van der Waals surface area contributed by atoms with Crippen molar-refractivity contribution in [1.82, 2.24) is 14.3 Å². The molecule has 2 fully saturated rings. The largest absolute Gasteiger partial charge is 0.387 e. The minimum absolute atomic E-state index is 0.185. The topological polar surface area (TPSA) is 56.7 Å². The summed E-state index contributed by atoms with van der Waals surface area (Å²) in [4.78, 5) is 1.31. The Morgan fingerprint density at radius 2 is 2.07 bits per heavy atom. The van der Waals surface area contributed by atoms with Gasteiger partial charge in [-0.25, -0.2) is 0 Å². The molecule has 0 amide bonds. The molecule has 2 aliphatic heterocycles. The van der Waals surface area contributed by atoms with E-state index in [4.69, 9.17) is 33.7 Å². The molecule has 1 aromatic heterocycles. The molecular weight excluding hydrogens is 384 g/mol. The quantitative estimate of drug-likeness (QED) is 0.741. The van der Waals surface area contributed by atoms with Crippen LogP contribution >= 0.6 is 23.8 Å². The molecular formula is C19H26ClN4O2S+. The Hall–Kier alpha value is -1.25. The van der Waals surface area contributed by atoms with Crippen LogP contribution in [0.15, 0.2) is 24.3 Å². The van der Waals surface area contributed by atoms with E-state index < -0.39 is 0 Å². The van der Waals surface area contributed by atoms with Gasteiger partial charge < -0.3 is 14.7 Å². The Bertz CT molecular complexity index is 829. The van der Waals surface area contributed by atoms with Gasteiger partial charge in [-0.05, 0) is 62.2 Å². The Morgan fingerprint density at radius 1 is 1.26 bits per heavy atom. The second-order valence-electron chi connectivity index (χ2n) is 7.52. The lowest BCUT2D eigenvalue weighted by atomic mass is 10.1. The van der Waals surface area contributed by atoms with E-state index in [1.54, 1.807) is 0 Å². The zero-order valence-electron chi connectivity index (χ0n) is 15.3. The van der Waals surface area contributed by atoms with Gasteiger partial charge in [-0.3, -0.25) is 4.57 Å². The van der Waals surface area contributed by atoms with Crippen LogP contribution in [0.2, 0.25) is 5.02 Å². The molecule has 0 spiro atoms. The predicted molar refractivity (Wildman–Crippen MR) is 106 cm³/mol. The fraction of sp³-hybridized carbons (Fsp3) is 0.579. The Morgan fingerprint density at radius 3 is 2.78 bits per heavy atom. The fourth-order valence-electron chi connectivity index (χ4n) is 3.99. The van der Waals surface area contributed by atoms with Crippen molar-refractivity contribution in [3.63, 3.8) is 0 Å². The van der Waals surface area contributed by atoms with Crippen molar-refractivity contribution in [3.05, 3.63) is 34.1 Å². The zero-order valence-corrected chi connectivity index (χ0v) is 16.9. The second-order valence-corrected chi connectivity index (χ2v) is 8.32. The van der Waals surface area contributed by atoms with Gasteiger partial charge in [-0.2, -0.15) is 4.68 Å². The van der Waals surface area contributed by atoms with Crippen molar-refractivity contribution in [2.45, 2.75) is 51.1 Å². The van der Waals surface area contributed by atoms with Crippen molar-refractivity contribution in [1.29, 1.82) is 0 Å². The van der Waals surface area contributed by atoms with E-state index in [1.807, 2.05) is 28.9 Å². The number of nitrogens with one attached hydrogen (secondary N) is 1. The minimum Gasteiger partial charge on any atom is -0.387 e. The molecule has 0 saturated carbocycles. The van der Waals surface area contributed by atoms with E-state index in [-0.39, 0.29) is 12.2 Å². The number of hydrogen-bond donors (Lipinski definition) is 2. The summed E-state index contributed by atoms with van der Waals surface area (Å²) in [6.07, 6.45) is 4.02. The number of nitrogens with zero attached hydrogens (tertiary/aromatic N) is 3. The first-order valence-corrected chi connectivity index (χ1v) is 10.5. The minimum atomic E-state index is -0.229. The molecule has 1 unspecified atom stereocenters. The summed E-state index contributed by atoms with van der Waals surface area (Å²) in [5, 5.41) is 15.5. The first kappa shape index (κ1) is 19.1. The van der Waals surface area contributed by atoms with Crippen molar-refractivity contribution in [2.24, 2.45) is 0 Å². The van der Waals surface area contributed by atoms with Gasteiger partial charge in [-0.1, -0.05) is 11.6 Å². The van der Waals surface area contributed by atoms with Crippen molar-refractivity contribution < 1.29 is 14.7 Å². The van der Waals surface area contributed by atoms with Gasteiger partial charge in [0.1, 0.15) is 12.6 Å². The average Bonchev–Trinajstić information content (AvgIpc) is 3.27. The van der Waals surface area contributed by atoms with E-state index >= 15 is 0 Å². The van der Waals surface area contributed by atoms with Gasteiger partial charge in [0.2, 0.25) is 4.77 Å². The van der Waals surface area contributed by atoms with Crippen molar-refractivity contribution >= 4 is 23.8 Å². The van der Waals surface area contributed by atoms with Gasteiger partial charge in [0.05, 0.1) is 19.2 Å². The summed E-state index contributed by atoms with van der Waals surface area (Å²) in [5.41, 5.74) is 0.996. The van der Waals surface area contributed by atoms with Crippen LogP contribution in [-0.2, 0) is 18.0 Å². The lowest BCUT2D eigenvalue weighted by Crippen LogP contribution is -3.13. The third-order valence-corrected chi connectivity index (χ3v) is 6.08. The van der Waals surface area contributed by atoms with Crippen LogP contribution in [0.25, 0.3) is 11.4 Å². The highest BCUT2D eigenvalue weighted by atomic mass is 35.5. The number of piperidine rings is 1. The van der Waals surface area contributed by atoms with Crippen molar-refractivity contribution in [3.8, 4) is 11.4 Å². The smallest absolute Gasteiger partial charge is 0.203 e. The SMILES string of the molecule is O[C@H]1CCC[NH+](Cn2nc(-c3ccc(Cl)cc3)n(C[C@H]3CCCO3)c2=S)C1. The molecule has 2 aliphatic rings. The highest BCUT2D eigenvalue weighted by Gasteiger charge is 2.24. The lowest BCUT2D eigenvalue weighted by molar-refractivity contribution is -0.931. The summed E-state index contributed by atoms with van der Waals surface area (Å²) in [6, 6.07) is 7.71. The molecule has 6 nitrogen and oxygen atoms in total. The lowest BCUT2D eigenvalue weighted by Gasteiger charge is -2.26. The third kappa shape index (κ3) is 4.43. The zero-order chi connectivity index (χ0) is 18.8. The summed E-state index contributed by atoms with van der Waals surface area (Å²) < 4.78 is 10.5. The molecule has 1 aromatic carbocycles. The molecule has 2 saturated heterocycles. The van der Waals surface area contributed by atoms with Crippen LogP contribution in [0.1, 0.15) is 25.7 Å². The van der Waals surface area contributed by atoms with Crippen LogP contribution in [0.5, 0.6) is 0 Å². The molecule has 8 heteroatoms. The molecule has 4 rings (SSSR count). The van der Waals surface area contributed by atoms with Gasteiger partial charge in [0.15, 0.2) is 12.5 Å². The molecule has 3 atom stereocenters. The van der Waals surface area contributed by atoms with Gasteiger partial charge >= 0.3 is 0 Å². The number of rotatable bonds is 5. The Balaban J connectivity index is 1.65. The molecule has 2 aromatic rings. The number of quaternary nitrogens is 1. The first-order chi connectivity index (χ1) is 13.1. The maximum Gasteiger partial charge on any atom is 0.203 e. The molecule has 146 valence electrons. The van der Waals surface area contributed by atoms with E-state index in [0.717, 1.165) is 63.3 Å². The number of benzene rings is 1. The number of likely N-dealkylation sites (tertiary alicyclic amines) is 1. The van der Waals surface area contributed by atoms with E-state index in [9.17, 15) is 5.11 Å². The number of ether oxygens (including phenoxy) is 1. The fourth-order valence-corrected chi connectivity index (χ4v) is 4.39. The highest BCUT2D eigenvalue weighted by Crippen LogP contribution is 2.23. The highest BCUT2D eigenvalue weighted by molar-refractivity contribution is 7.71. The second kappa shape index (κ2) is 8.41. The van der Waals surface area contributed by atoms with Crippen LogP contribution in [0.3, 0.4) is 0 Å². The van der Waals surface area contributed by atoms with Crippen LogP contribution in [0, 0.1) is 4.77 Å². The van der Waals surface area contributed by atoms with E-state index in [0.29, 0.717) is 16.5 Å². The van der Waals surface area contributed by atoms with Gasteiger partial charge in [-0.15, -0.1) is 5.10 Å². The Kier molecular flexibility index (Phi) is 5.94. The number of aromatic nitrogens is 3. The summed E-state index contributed by atoms with van der Waals surface area (Å²) in [6.45, 7) is 3.99. The Labute approximate surface area is 169 Å². The number of aliphatic hydroxyl groups excluding tert-OH is 1. The molecule has 0 radical (unpaired) electrons. The van der Waals surface area contributed by atoms with Crippen molar-refractivity contribution in [2.75, 3.05) is 19.7 Å². The standard InChI is InChI=1S/C19H25ClN4O2S/c20-15-7-5-14(6-8-15)18-21-24(13-22-9-1-3-16(25)11-22)19(27)23(18)12-17-4-2-10-26-17/h5-8,16-17,25H,1-4,9-13H2/p+1/t16-,17+/m0/s1. The number of aliphatic hydroxyl groups is 1. The van der Waals surface area contributed by atoms with Crippen LogP contribution in [0.4, 0.5) is 0 Å². The van der Waals surface area contributed by atoms with E-state index in [2.05, 4.69) is 4.57 Å². The third-order valence-electron chi connectivity index (χ3n) is 5.40. The summed E-state index contributed by atoms with van der Waals surface area (Å²) in [7, 11) is 0. The van der Waals surface area contributed by atoms with Gasteiger partial charge in [0, 0.05) is 17.2 Å². The van der Waals surface area contributed by atoms with E-state index in [1.165, 1.54) is 4.90 Å². The normalized spacial score (nSPS) is 25.8. The summed E-state index contributed by atoms with van der Waals surface area (Å²) in [5.74, 6) is 0.851. The summed E-state index contributed by atoms with van der Waals surface area (Å²) >= 11 is 11.8. The van der Waals surface area contributed by atoms with Gasteiger partial charge in [0.25, 0.3) is 0 Å². The molecule has 3 heterocycles. The molecule has 2 N–H and O–H groups in total. The molecule has 0 aliphatic carbocycles. The number of halogens is 1.